The summed E-state index contributed by atoms with van der Waals surface area (Å²) in [6, 6.07) is 7.13. The Hall–Kier alpha value is -2.05. The van der Waals surface area contributed by atoms with Crippen LogP contribution in [0, 0.1) is 5.82 Å². The van der Waals surface area contributed by atoms with Gasteiger partial charge in [0.2, 0.25) is 0 Å². The minimum Gasteiger partial charge on any atom is -0.386 e. The van der Waals surface area contributed by atoms with E-state index in [9.17, 15) is 14.3 Å². The summed E-state index contributed by atoms with van der Waals surface area (Å²) in [5.41, 5.74) is 4.31. The lowest BCUT2D eigenvalue weighted by Crippen LogP contribution is -2.24. The van der Waals surface area contributed by atoms with Crippen molar-refractivity contribution in [2.75, 3.05) is 5.32 Å². The van der Waals surface area contributed by atoms with Crippen molar-refractivity contribution in [1.82, 2.24) is 4.72 Å². The third-order valence-electron chi connectivity index (χ3n) is 5.63. The molecule has 2 aliphatic carbocycles. The highest BCUT2D eigenvalue weighted by molar-refractivity contribution is 7.98. The number of amides is 2. The summed E-state index contributed by atoms with van der Waals surface area (Å²) in [4.78, 5) is 13.4. The number of hydrogen-bond donors (Lipinski definition) is 3. The highest BCUT2D eigenvalue weighted by atomic mass is 32.2. The fraction of sp³-hybridized carbons (Fsp3) is 0.409. The van der Waals surface area contributed by atoms with E-state index in [0.29, 0.717) is 0 Å². The largest absolute Gasteiger partial charge is 0.386 e. The van der Waals surface area contributed by atoms with Gasteiger partial charge in [-0.2, -0.15) is 0 Å². The molecule has 0 saturated heterocycles. The fourth-order valence-electron chi connectivity index (χ4n) is 4.21. The van der Waals surface area contributed by atoms with Crippen molar-refractivity contribution in [3.63, 3.8) is 0 Å². The molecule has 6 heteroatoms. The molecule has 0 fully saturated rings. The third kappa shape index (κ3) is 3.63. The number of hydrogen-bond acceptors (Lipinski definition) is 3. The second-order valence-corrected chi connectivity index (χ2v) is 8.93. The maximum absolute atomic E-state index is 14.7. The van der Waals surface area contributed by atoms with E-state index in [2.05, 4.69) is 10.0 Å². The van der Waals surface area contributed by atoms with E-state index in [1.54, 1.807) is 13.8 Å². The molecule has 2 aromatic carbocycles. The number of benzene rings is 2. The molecular formula is C22H25FN2O2S. The average Bonchev–Trinajstić information content (AvgIpc) is 3.33. The van der Waals surface area contributed by atoms with E-state index in [-0.39, 0.29) is 11.8 Å². The van der Waals surface area contributed by atoms with Gasteiger partial charge in [0.1, 0.15) is 5.82 Å². The molecule has 3 N–H and O–H groups in total. The first-order chi connectivity index (χ1) is 13.3. The average molecular weight is 401 g/mol. The normalized spacial score (nSPS) is 15.3. The highest BCUT2D eigenvalue weighted by Gasteiger charge is 2.29. The lowest BCUT2D eigenvalue weighted by atomic mass is 9.98. The molecule has 0 saturated carbocycles. The van der Waals surface area contributed by atoms with Gasteiger partial charge in [-0.1, -0.05) is 12.1 Å². The van der Waals surface area contributed by atoms with Gasteiger partial charge in [0.05, 0.1) is 5.60 Å². The summed E-state index contributed by atoms with van der Waals surface area (Å²) in [6.07, 6.45) is 5.03. The Balaban J connectivity index is 1.47. The van der Waals surface area contributed by atoms with E-state index in [1.165, 1.54) is 11.9 Å². The standard InChI is InChI=1S/C22H25FN2O2S/c1-22(2,27)13-9-11-14(12-10-13)28-25-21(26)24-20-17-7-3-5-15(17)19(23)16-6-4-8-18(16)20/h9-12,27H,3-8H2,1-2H3,(H2,24,25,26). The van der Waals surface area contributed by atoms with Gasteiger partial charge >= 0.3 is 6.03 Å². The monoisotopic (exact) mass is 400 g/mol. The fourth-order valence-corrected chi connectivity index (χ4v) is 4.75. The van der Waals surface area contributed by atoms with Gasteiger partial charge in [-0.3, -0.25) is 4.72 Å². The third-order valence-corrected chi connectivity index (χ3v) is 6.43. The number of carbonyl (C=O) groups is 1. The summed E-state index contributed by atoms with van der Waals surface area (Å²) >= 11 is 1.22. The Labute approximate surface area is 169 Å². The molecule has 0 bridgehead atoms. The van der Waals surface area contributed by atoms with Gasteiger partial charge in [0.25, 0.3) is 0 Å². The molecule has 0 spiro atoms. The zero-order valence-electron chi connectivity index (χ0n) is 16.2. The summed E-state index contributed by atoms with van der Waals surface area (Å²) in [5, 5.41) is 13.0. The minimum atomic E-state index is -0.892. The maximum Gasteiger partial charge on any atom is 0.329 e. The van der Waals surface area contributed by atoms with Gasteiger partial charge < -0.3 is 10.4 Å². The smallest absolute Gasteiger partial charge is 0.329 e. The molecule has 2 amide bonds. The van der Waals surface area contributed by atoms with E-state index in [4.69, 9.17) is 0 Å². The quantitative estimate of drug-likeness (QED) is 0.643. The first-order valence-electron chi connectivity index (χ1n) is 9.76. The van der Waals surface area contributed by atoms with Crippen LogP contribution in [0.5, 0.6) is 0 Å². The van der Waals surface area contributed by atoms with Crippen LogP contribution >= 0.6 is 11.9 Å². The molecule has 0 aromatic heterocycles. The van der Waals surface area contributed by atoms with Crippen LogP contribution in [-0.4, -0.2) is 11.1 Å². The van der Waals surface area contributed by atoms with Crippen LogP contribution in [0.1, 0.15) is 54.5 Å². The number of fused-ring (bicyclic) bond motifs is 2. The van der Waals surface area contributed by atoms with Crippen molar-refractivity contribution >= 4 is 23.7 Å². The van der Waals surface area contributed by atoms with Crippen LogP contribution in [0.15, 0.2) is 29.2 Å². The Kier molecular flexibility index (Phi) is 5.10. The first-order valence-corrected chi connectivity index (χ1v) is 10.6. The Bertz CT molecular complexity index is 885. The van der Waals surface area contributed by atoms with Gasteiger partial charge in [-0.15, -0.1) is 0 Å². The van der Waals surface area contributed by atoms with E-state index < -0.39 is 5.60 Å². The second kappa shape index (κ2) is 7.41. The number of aliphatic hydroxyl groups is 1. The Morgan fingerprint density at radius 3 is 2.07 bits per heavy atom. The first kappa shape index (κ1) is 19.3. The van der Waals surface area contributed by atoms with Crippen molar-refractivity contribution in [2.45, 2.75) is 62.9 Å². The van der Waals surface area contributed by atoms with Gasteiger partial charge in [0.15, 0.2) is 0 Å². The van der Waals surface area contributed by atoms with Crippen LogP contribution in [0.25, 0.3) is 0 Å². The summed E-state index contributed by atoms with van der Waals surface area (Å²) in [7, 11) is 0. The number of nitrogens with one attached hydrogen (secondary N) is 2. The van der Waals surface area contributed by atoms with Crippen molar-refractivity contribution in [3.05, 3.63) is 57.9 Å². The molecule has 148 valence electrons. The SMILES string of the molecule is CC(C)(O)c1ccc(SNC(=O)Nc2c3c(c(F)c4c2CCC4)CCC3)cc1. The van der Waals surface area contributed by atoms with Crippen LogP contribution in [-0.2, 0) is 31.3 Å². The topological polar surface area (TPSA) is 61.4 Å². The molecule has 0 unspecified atom stereocenters. The second-order valence-electron chi connectivity index (χ2n) is 8.05. The molecule has 4 rings (SSSR count). The maximum atomic E-state index is 14.7. The predicted octanol–water partition coefficient (Wildman–Crippen LogP) is 4.86. The molecule has 0 heterocycles. The van der Waals surface area contributed by atoms with E-state index in [1.807, 2.05) is 24.3 Å². The number of urea groups is 1. The van der Waals surface area contributed by atoms with Crippen LogP contribution in [0.3, 0.4) is 0 Å². The number of halogens is 1. The highest BCUT2D eigenvalue weighted by Crippen LogP contribution is 2.41. The summed E-state index contributed by atoms with van der Waals surface area (Å²) < 4.78 is 17.5. The van der Waals surface area contributed by atoms with Crippen LogP contribution in [0.4, 0.5) is 14.9 Å². The van der Waals surface area contributed by atoms with Crippen molar-refractivity contribution in [2.24, 2.45) is 0 Å². The van der Waals surface area contributed by atoms with Crippen molar-refractivity contribution in [1.29, 1.82) is 0 Å². The summed E-state index contributed by atoms with van der Waals surface area (Å²) in [6.45, 7) is 3.47. The molecule has 0 radical (unpaired) electrons. The van der Waals surface area contributed by atoms with Crippen LogP contribution < -0.4 is 10.0 Å². The number of anilines is 1. The zero-order valence-corrected chi connectivity index (χ0v) is 17.0. The van der Waals surface area contributed by atoms with Crippen LogP contribution in [0.2, 0.25) is 0 Å². The molecule has 28 heavy (non-hydrogen) atoms. The lowest BCUT2D eigenvalue weighted by molar-refractivity contribution is 0.0785. The zero-order chi connectivity index (χ0) is 19.9. The minimum absolute atomic E-state index is 0.0350. The summed E-state index contributed by atoms with van der Waals surface area (Å²) in [5.74, 6) is -0.0350. The Morgan fingerprint density at radius 1 is 1.00 bits per heavy atom. The predicted molar refractivity (Wildman–Crippen MR) is 110 cm³/mol. The number of rotatable bonds is 4. The van der Waals surface area contributed by atoms with Gasteiger partial charge in [-0.25, -0.2) is 9.18 Å². The number of carbonyl (C=O) groups excluding carboxylic acids is 1. The van der Waals surface area contributed by atoms with Gasteiger partial charge in [0, 0.05) is 10.6 Å². The lowest BCUT2D eigenvalue weighted by Gasteiger charge is -2.18. The molecule has 4 nitrogen and oxygen atoms in total. The van der Waals surface area contributed by atoms with E-state index >= 15 is 0 Å². The molecule has 2 aromatic rings. The van der Waals surface area contributed by atoms with E-state index in [0.717, 1.165) is 76.9 Å². The molecule has 0 aliphatic heterocycles. The molecule has 0 atom stereocenters. The molecule has 2 aliphatic rings. The van der Waals surface area contributed by atoms with Gasteiger partial charge in [-0.05, 0) is 104 Å². The van der Waals surface area contributed by atoms with Crippen molar-refractivity contribution in [3.8, 4) is 0 Å². The van der Waals surface area contributed by atoms with Crippen molar-refractivity contribution < 1.29 is 14.3 Å². The molecular weight excluding hydrogens is 375 g/mol. The Morgan fingerprint density at radius 2 is 1.54 bits per heavy atom.